The van der Waals surface area contributed by atoms with Crippen molar-refractivity contribution in [3.8, 4) is 5.75 Å². The van der Waals surface area contributed by atoms with E-state index in [9.17, 15) is 9.59 Å². The molecule has 24 heavy (non-hydrogen) atoms. The molecular weight excluding hydrogens is 304 g/mol. The molecule has 0 aliphatic carbocycles. The van der Waals surface area contributed by atoms with Crippen molar-refractivity contribution in [3.05, 3.63) is 65.7 Å². The zero-order valence-corrected chi connectivity index (χ0v) is 13.7. The summed E-state index contributed by atoms with van der Waals surface area (Å²) in [6, 6.07) is 16.6. The van der Waals surface area contributed by atoms with Gasteiger partial charge in [-0.15, -0.1) is 0 Å². The SMILES string of the molecule is CCCNC(=O)CNC(=O)c1ccccc1COc1ccccc1. The quantitative estimate of drug-likeness (QED) is 0.783. The number of rotatable bonds is 8. The molecule has 0 aromatic heterocycles. The first-order valence-electron chi connectivity index (χ1n) is 8.01. The number of carbonyl (C=O) groups excluding carboxylic acids is 2. The highest BCUT2D eigenvalue weighted by Crippen LogP contribution is 2.14. The van der Waals surface area contributed by atoms with Crippen LogP contribution in [0.15, 0.2) is 54.6 Å². The Balaban J connectivity index is 1.94. The molecule has 0 fully saturated rings. The molecule has 0 aliphatic heterocycles. The van der Waals surface area contributed by atoms with E-state index in [1.165, 1.54) is 0 Å². The minimum Gasteiger partial charge on any atom is -0.489 e. The average molecular weight is 326 g/mol. The van der Waals surface area contributed by atoms with E-state index < -0.39 is 0 Å². The van der Waals surface area contributed by atoms with Crippen LogP contribution in [0.2, 0.25) is 0 Å². The smallest absolute Gasteiger partial charge is 0.252 e. The Morgan fingerprint density at radius 1 is 0.958 bits per heavy atom. The molecule has 0 radical (unpaired) electrons. The van der Waals surface area contributed by atoms with Gasteiger partial charge in [-0.3, -0.25) is 9.59 Å². The normalized spacial score (nSPS) is 10.0. The van der Waals surface area contributed by atoms with Crippen LogP contribution in [0.25, 0.3) is 0 Å². The van der Waals surface area contributed by atoms with Gasteiger partial charge in [0.25, 0.3) is 5.91 Å². The average Bonchev–Trinajstić information content (AvgIpc) is 2.63. The molecule has 0 spiro atoms. The van der Waals surface area contributed by atoms with Crippen LogP contribution in [0.5, 0.6) is 5.75 Å². The van der Waals surface area contributed by atoms with Crippen LogP contribution >= 0.6 is 0 Å². The number of amides is 2. The number of carbonyl (C=O) groups is 2. The molecule has 2 N–H and O–H groups in total. The Morgan fingerprint density at radius 2 is 1.67 bits per heavy atom. The van der Waals surface area contributed by atoms with Crippen LogP contribution in [-0.4, -0.2) is 24.9 Å². The van der Waals surface area contributed by atoms with Gasteiger partial charge in [-0.2, -0.15) is 0 Å². The number of hydrogen-bond acceptors (Lipinski definition) is 3. The molecule has 5 heteroatoms. The fraction of sp³-hybridized carbons (Fsp3) is 0.263. The van der Waals surface area contributed by atoms with Crippen LogP contribution in [0.3, 0.4) is 0 Å². The first kappa shape index (κ1) is 17.5. The van der Waals surface area contributed by atoms with Gasteiger partial charge >= 0.3 is 0 Å². The van der Waals surface area contributed by atoms with Crippen LogP contribution in [0.1, 0.15) is 29.3 Å². The van der Waals surface area contributed by atoms with E-state index in [0.29, 0.717) is 12.1 Å². The number of ether oxygens (including phenoxy) is 1. The molecular formula is C19H22N2O3. The Labute approximate surface area is 142 Å². The summed E-state index contributed by atoms with van der Waals surface area (Å²) in [5.74, 6) is 0.267. The number of nitrogens with one attached hydrogen (secondary N) is 2. The summed E-state index contributed by atoms with van der Waals surface area (Å²) in [5, 5.41) is 5.36. The predicted octanol–water partition coefficient (Wildman–Crippen LogP) is 2.52. The van der Waals surface area contributed by atoms with Crippen molar-refractivity contribution in [1.29, 1.82) is 0 Å². The lowest BCUT2D eigenvalue weighted by molar-refractivity contribution is -0.120. The molecule has 0 heterocycles. The van der Waals surface area contributed by atoms with Crippen molar-refractivity contribution in [2.24, 2.45) is 0 Å². The molecule has 5 nitrogen and oxygen atoms in total. The second kappa shape index (κ2) is 9.35. The van der Waals surface area contributed by atoms with Gasteiger partial charge < -0.3 is 15.4 Å². The van der Waals surface area contributed by atoms with Crippen LogP contribution in [0, 0.1) is 0 Å². The molecule has 0 bridgehead atoms. The van der Waals surface area contributed by atoms with Gasteiger partial charge in [-0.1, -0.05) is 43.3 Å². The second-order valence-corrected chi connectivity index (χ2v) is 5.29. The van der Waals surface area contributed by atoms with Gasteiger partial charge in [-0.25, -0.2) is 0 Å². The van der Waals surface area contributed by atoms with E-state index in [1.54, 1.807) is 12.1 Å². The lowest BCUT2D eigenvalue weighted by atomic mass is 10.1. The summed E-state index contributed by atoms with van der Waals surface area (Å²) in [6.07, 6.45) is 0.860. The van der Waals surface area contributed by atoms with Crippen molar-refractivity contribution in [2.75, 3.05) is 13.1 Å². The third kappa shape index (κ3) is 5.43. The summed E-state index contributed by atoms with van der Waals surface area (Å²) < 4.78 is 5.70. The fourth-order valence-electron chi connectivity index (χ4n) is 2.13. The number of para-hydroxylation sites is 1. The maximum absolute atomic E-state index is 12.3. The highest BCUT2D eigenvalue weighted by atomic mass is 16.5. The third-order valence-corrected chi connectivity index (χ3v) is 3.38. The Hall–Kier alpha value is -2.82. The fourth-order valence-corrected chi connectivity index (χ4v) is 2.13. The largest absolute Gasteiger partial charge is 0.489 e. The Bertz CT molecular complexity index is 671. The lowest BCUT2D eigenvalue weighted by Crippen LogP contribution is -2.37. The van der Waals surface area contributed by atoms with Gasteiger partial charge in [0.1, 0.15) is 12.4 Å². The number of hydrogen-bond donors (Lipinski definition) is 2. The molecule has 0 unspecified atom stereocenters. The van der Waals surface area contributed by atoms with Gasteiger partial charge in [0.2, 0.25) is 5.91 Å². The monoisotopic (exact) mass is 326 g/mol. The standard InChI is InChI=1S/C19H22N2O3/c1-2-12-20-18(22)13-21-19(23)17-11-7-6-8-15(17)14-24-16-9-4-3-5-10-16/h3-11H,2,12-14H2,1H3,(H,20,22)(H,21,23). The number of benzene rings is 2. The molecule has 2 aromatic rings. The van der Waals surface area contributed by atoms with E-state index in [-0.39, 0.29) is 25.0 Å². The molecule has 0 saturated carbocycles. The van der Waals surface area contributed by atoms with E-state index in [4.69, 9.17) is 4.74 Å². The zero-order valence-electron chi connectivity index (χ0n) is 13.7. The molecule has 126 valence electrons. The summed E-state index contributed by atoms with van der Waals surface area (Å²) in [7, 11) is 0. The van der Waals surface area contributed by atoms with Crippen molar-refractivity contribution in [2.45, 2.75) is 20.0 Å². The molecule has 0 aliphatic rings. The second-order valence-electron chi connectivity index (χ2n) is 5.29. The lowest BCUT2D eigenvalue weighted by Gasteiger charge is -2.11. The Kier molecular flexibility index (Phi) is 6.83. The van der Waals surface area contributed by atoms with Gasteiger partial charge in [0, 0.05) is 17.7 Å². The van der Waals surface area contributed by atoms with E-state index in [2.05, 4.69) is 10.6 Å². The third-order valence-electron chi connectivity index (χ3n) is 3.38. The maximum atomic E-state index is 12.3. The summed E-state index contributed by atoms with van der Waals surface area (Å²) >= 11 is 0. The van der Waals surface area contributed by atoms with E-state index in [0.717, 1.165) is 17.7 Å². The zero-order chi connectivity index (χ0) is 17.2. The van der Waals surface area contributed by atoms with Gasteiger partial charge in [-0.05, 0) is 24.6 Å². The van der Waals surface area contributed by atoms with Crippen molar-refractivity contribution in [1.82, 2.24) is 10.6 Å². The highest BCUT2D eigenvalue weighted by Gasteiger charge is 2.12. The molecule has 0 saturated heterocycles. The minimum absolute atomic E-state index is 0.0350. The molecule has 2 rings (SSSR count). The Morgan fingerprint density at radius 3 is 2.42 bits per heavy atom. The van der Waals surface area contributed by atoms with E-state index >= 15 is 0 Å². The van der Waals surface area contributed by atoms with Crippen molar-refractivity contribution >= 4 is 11.8 Å². The van der Waals surface area contributed by atoms with Crippen LogP contribution < -0.4 is 15.4 Å². The summed E-state index contributed by atoms with van der Waals surface area (Å²) in [6.45, 7) is 2.83. The summed E-state index contributed by atoms with van der Waals surface area (Å²) in [5.41, 5.74) is 1.28. The van der Waals surface area contributed by atoms with Gasteiger partial charge in [0.15, 0.2) is 0 Å². The van der Waals surface area contributed by atoms with Gasteiger partial charge in [0.05, 0.1) is 6.54 Å². The first-order chi connectivity index (χ1) is 11.7. The molecule has 2 amide bonds. The summed E-state index contributed by atoms with van der Waals surface area (Å²) in [4.78, 5) is 23.9. The van der Waals surface area contributed by atoms with Crippen LogP contribution in [0.4, 0.5) is 0 Å². The molecule has 0 atom stereocenters. The first-order valence-corrected chi connectivity index (χ1v) is 8.01. The van der Waals surface area contributed by atoms with Crippen LogP contribution in [-0.2, 0) is 11.4 Å². The van der Waals surface area contributed by atoms with Crippen molar-refractivity contribution in [3.63, 3.8) is 0 Å². The van der Waals surface area contributed by atoms with Crippen molar-refractivity contribution < 1.29 is 14.3 Å². The highest BCUT2D eigenvalue weighted by molar-refractivity contribution is 5.97. The van der Waals surface area contributed by atoms with E-state index in [1.807, 2.05) is 49.4 Å². The predicted molar refractivity (Wildman–Crippen MR) is 92.8 cm³/mol. The topological polar surface area (TPSA) is 67.4 Å². The maximum Gasteiger partial charge on any atom is 0.252 e. The molecule has 2 aromatic carbocycles. The minimum atomic E-state index is -0.283.